The summed E-state index contributed by atoms with van der Waals surface area (Å²) in [5, 5.41) is 8.40. The number of ether oxygens (including phenoxy) is 2. The molecule has 0 aliphatic carbocycles. The summed E-state index contributed by atoms with van der Waals surface area (Å²) in [7, 11) is 0. The van der Waals surface area contributed by atoms with Crippen LogP contribution >= 0.6 is 0 Å². The van der Waals surface area contributed by atoms with Gasteiger partial charge in [0.05, 0.1) is 26.4 Å². The van der Waals surface area contributed by atoms with Crippen molar-refractivity contribution in [3.63, 3.8) is 0 Å². The van der Waals surface area contributed by atoms with Crippen LogP contribution in [0.3, 0.4) is 0 Å². The Labute approximate surface area is 111 Å². The molecular weight excluding hydrogens is 191 g/mol. The first-order valence-electron chi connectivity index (χ1n) is 5.18. The van der Waals surface area contributed by atoms with Gasteiger partial charge in [-0.2, -0.15) is 0 Å². The number of aliphatic hydroxyl groups is 1. The zero-order valence-corrected chi connectivity index (χ0v) is 11.6. The fourth-order valence-electron chi connectivity index (χ4n) is 1.02. The van der Waals surface area contributed by atoms with Crippen molar-refractivity contribution in [2.75, 3.05) is 33.0 Å². The quantitative estimate of drug-likeness (QED) is 0.363. The molecule has 0 aromatic rings. The van der Waals surface area contributed by atoms with Gasteiger partial charge in [0.15, 0.2) is 0 Å². The first kappa shape index (κ1) is 17.3. The predicted octanol–water partition coefficient (Wildman–Crippen LogP) is -1.29. The van der Waals surface area contributed by atoms with Crippen molar-refractivity contribution in [1.29, 1.82) is 0 Å². The number of hydrogen-bond acceptors (Lipinski definition) is 3. The van der Waals surface area contributed by atoms with E-state index >= 15 is 0 Å². The van der Waals surface area contributed by atoms with Crippen molar-refractivity contribution in [1.82, 2.24) is 0 Å². The van der Waals surface area contributed by atoms with E-state index in [-0.39, 0.29) is 37.6 Å². The van der Waals surface area contributed by atoms with Gasteiger partial charge in [-0.05, 0) is 6.42 Å². The van der Waals surface area contributed by atoms with Gasteiger partial charge in [-0.25, -0.2) is 0 Å². The van der Waals surface area contributed by atoms with E-state index in [2.05, 4.69) is 6.92 Å². The molecule has 0 aliphatic rings. The van der Waals surface area contributed by atoms with Crippen molar-refractivity contribution < 1.29 is 45.6 Å². The Bertz CT molecular complexity index is 86.7. The van der Waals surface area contributed by atoms with Gasteiger partial charge < -0.3 is 16.0 Å². The second kappa shape index (κ2) is 16.3. The minimum Gasteiger partial charge on any atom is -1.00 e. The number of aliphatic hydroxyl groups excluding tert-OH is 1. The molecule has 0 aliphatic heterocycles. The normalized spacial score (nSPS) is 9.86. The maximum Gasteiger partial charge on any atom is 1.00 e. The minimum atomic E-state index is 0. The van der Waals surface area contributed by atoms with Crippen LogP contribution in [0.25, 0.3) is 0 Å². The Kier molecular flexibility index (Phi) is 20.1. The second-order valence-corrected chi connectivity index (χ2v) is 3.01. The number of rotatable bonds is 10. The molecule has 3 nitrogen and oxygen atoms in total. The molecule has 0 bridgehead atoms. The molecule has 0 aromatic carbocycles. The van der Waals surface area contributed by atoms with Gasteiger partial charge in [0, 0.05) is 6.61 Å². The van der Waals surface area contributed by atoms with Crippen molar-refractivity contribution in [2.45, 2.75) is 32.6 Å². The molecule has 82 valence electrons. The van der Waals surface area contributed by atoms with E-state index in [1.165, 1.54) is 19.3 Å². The molecule has 0 atom stereocenters. The van der Waals surface area contributed by atoms with Gasteiger partial charge in [-0.15, -0.1) is 0 Å². The van der Waals surface area contributed by atoms with Gasteiger partial charge in [-0.1, -0.05) is 26.2 Å². The summed E-state index contributed by atoms with van der Waals surface area (Å²) in [5.41, 5.74) is 0. The molecule has 0 heterocycles. The predicted molar refractivity (Wildman–Crippen MR) is 54.0 cm³/mol. The zero-order valence-electron chi connectivity index (χ0n) is 10.6. The van der Waals surface area contributed by atoms with E-state index < -0.39 is 0 Å². The first-order valence-corrected chi connectivity index (χ1v) is 5.18. The summed E-state index contributed by atoms with van der Waals surface area (Å²) >= 11 is 0. The Balaban J connectivity index is -0.000000720. The molecule has 0 rings (SSSR count). The van der Waals surface area contributed by atoms with Gasteiger partial charge >= 0.3 is 29.6 Å². The van der Waals surface area contributed by atoms with Crippen LogP contribution in [0.1, 0.15) is 34.0 Å². The Morgan fingerprint density at radius 2 is 1.57 bits per heavy atom. The summed E-state index contributed by atoms with van der Waals surface area (Å²) < 4.78 is 10.4. The van der Waals surface area contributed by atoms with Crippen LogP contribution in [0, 0.1) is 0 Å². The topological polar surface area (TPSA) is 38.7 Å². The average Bonchev–Trinajstić information content (AvgIpc) is 2.16. The van der Waals surface area contributed by atoms with E-state index in [4.69, 9.17) is 14.6 Å². The van der Waals surface area contributed by atoms with E-state index in [1.807, 2.05) is 0 Å². The Morgan fingerprint density at radius 1 is 0.929 bits per heavy atom. The van der Waals surface area contributed by atoms with E-state index in [9.17, 15) is 0 Å². The minimum absolute atomic E-state index is 0. The maximum atomic E-state index is 8.40. The van der Waals surface area contributed by atoms with E-state index in [1.54, 1.807) is 0 Å². The van der Waals surface area contributed by atoms with Crippen LogP contribution in [-0.2, 0) is 9.47 Å². The maximum absolute atomic E-state index is 8.40. The Hall–Kier alpha value is 0.880. The molecule has 14 heavy (non-hydrogen) atoms. The van der Waals surface area contributed by atoms with Gasteiger partial charge in [0.2, 0.25) is 0 Å². The van der Waals surface area contributed by atoms with Gasteiger partial charge in [-0.3, -0.25) is 0 Å². The fourth-order valence-corrected chi connectivity index (χ4v) is 1.02. The van der Waals surface area contributed by atoms with Crippen LogP contribution in [-0.4, -0.2) is 38.1 Å². The Morgan fingerprint density at radius 3 is 2.14 bits per heavy atom. The summed E-state index contributed by atoms with van der Waals surface area (Å²) in [6.45, 7) is 4.78. The van der Waals surface area contributed by atoms with Crippen molar-refractivity contribution in [3.05, 3.63) is 0 Å². The van der Waals surface area contributed by atoms with E-state index in [0.29, 0.717) is 19.8 Å². The molecule has 0 aromatic heterocycles. The van der Waals surface area contributed by atoms with Crippen LogP contribution in [0.4, 0.5) is 0 Å². The third kappa shape index (κ3) is 15.4. The smallest absolute Gasteiger partial charge is 1.00 e. The van der Waals surface area contributed by atoms with E-state index in [0.717, 1.165) is 13.0 Å². The summed E-state index contributed by atoms with van der Waals surface area (Å²) in [6.07, 6.45) is 4.96. The molecule has 4 heteroatoms. The number of unbranched alkanes of at least 4 members (excludes halogenated alkanes) is 3. The average molecular weight is 214 g/mol. The monoisotopic (exact) mass is 214 g/mol. The first-order chi connectivity index (χ1) is 6.41. The largest absolute Gasteiger partial charge is 1.00 e. The SMILES string of the molecule is CCCCCCOCCOCCO.[H-].[Na+]. The molecule has 0 saturated carbocycles. The molecular formula is C10H23NaO3. The zero-order chi connectivity index (χ0) is 9.78. The van der Waals surface area contributed by atoms with Gasteiger partial charge in [0.25, 0.3) is 0 Å². The van der Waals surface area contributed by atoms with Gasteiger partial charge in [0.1, 0.15) is 0 Å². The van der Waals surface area contributed by atoms with Crippen LogP contribution in [0.2, 0.25) is 0 Å². The van der Waals surface area contributed by atoms with Crippen LogP contribution < -0.4 is 29.6 Å². The molecule has 0 radical (unpaired) electrons. The summed E-state index contributed by atoms with van der Waals surface area (Å²) in [4.78, 5) is 0. The molecule has 0 unspecified atom stereocenters. The molecule has 0 saturated heterocycles. The third-order valence-electron chi connectivity index (χ3n) is 1.75. The summed E-state index contributed by atoms with van der Waals surface area (Å²) in [6, 6.07) is 0. The van der Waals surface area contributed by atoms with Crippen molar-refractivity contribution >= 4 is 0 Å². The van der Waals surface area contributed by atoms with Crippen LogP contribution in [0.5, 0.6) is 0 Å². The summed E-state index contributed by atoms with van der Waals surface area (Å²) in [5.74, 6) is 0. The van der Waals surface area contributed by atoms with Crippen LogP contribution in [0.15, 0.2) is 0 Å². The molecule has 0 fully saturated rings. The molecule has 0 spiro atoms. The second-order valence-electron chi connectivity index (χ2n) is 3.01. The standard InChI is InChI=1S/C10H22O3.Na.H/c1-2-3-4-5-7-12-9-10-13-8-6-11;;/h11H,2-10H2,1H3;;/q;+1;-1. The third-order valence-corrected chi connectivity index (χ3v) is 1.75. The molecule has 1 N–H and O–H groups in total. The van der Waals surface area contributed by atoms with Crippen molar-refractivity contribution in [3.8, 4) is 0 Å². The number of hydrogen-bond donors (Lipinski definition) is 1. The fraction of sp³-hybridized carbons (Fsp3) is 1.00. The molecule has 0 amide bonds. The van der Waals surface area contributed by atoms with Crippen molar-refractivity contribution in [2.24, 2.45) is 0 Å².